The Morgan fingerprint density at radius 1 is 0.697 bits per heavy atom. The third-order valence-corrected chi connectivity index (χ3v) is 5.47. The molecular weight excluding hydrogens is 428 g/mol. The Morgan fingerprint density at radius 3 is 1.64 bits per heavy atom. The fraction of sp³-hybridized carbons (Fsp3) is 0.833. The Hall–Kier alpha value is -2.16. The standard InChI is InChI=1S/C24H44N2O7/c1-33-19-18-25-21(27)17-16-20(24(31)32)26-22(28)14-12-10-8-6-4-2-3-5-7-9-11-13-15-23(29)30/h20H,2-19H2,1H3,(H,25,27)(H,26,28)(H,29,30)(H,31,32)/t20-/m0/s1. The Labute approximate surface area is 198 Å². The number of amides is 2. The Morgan fingerprint density at radius 2 is 1.18 bits per heavy atom. The minimum atomic E-state index is -1.13. The molecule has 9 nitrogen and oxygen atoms in total. The molecule has 0 saturated carbocycles. The first-order valence-corrected chi connectivity index (χ1v) is 12.4. The molecule has 9 heteroatoms. The molecule has 0 aliphatic carbocycles. The highest BCUT2D eigenvalue weighted by Gasteiger charge is 2.20. The van der Waals surface area contributed by atoms with Crippen molar-refractivity contribution in [2.75, 3.05) is 20.3 Å². The van der Waals surface area contributed by atoms with Gasteiger partial charge in [0.25, 0.3) is 0 Å². The van der Waals surface area contributed by atoms with Gasteiger partial charge in [0.1, 0.15) is 6.04 Å². The molecule has 0 heterocycles. The fourth-order valence-corrected chi connectivity index (χ4v) is 3.51. The van der Waals surface area contributed by atoms with Crippen LogP contribution in [-0.4, -0.2) is 60.3 Å². The van der Waals surface area contributed by atoms with Crippen LogP contribution in [0.4, 0.5) is 0 Å². The van der Waals surface area contributed by atoms with Crippen LogP contribution in [0, 0.1) is 0 Å². The van der Waals surface area contributed by atoms with E-state index in [1.807, 2.05) is 0 Å². The fourth-order valence-electron chi connectivity index (χ4n) is 3.51. The number of methoxy groups -OCH3 is 1. The summed E-state index contributed by atoms with van der Waals surface area (Å²) in [6.45, 7) is 0.762. The van der Waals surface area contributed by atoms with Crippen LogP contribution in [0.25, 0.3) is 0 Å². The summed E-state index contributed by atoms with van der Waals surface area (Å²) in [5.74, 6) is -2.39. The van der Waals surface area contributed by atoms with Crippen molar-refractivity contribution < 1.29 is 34.1 Å². The summed E-state index contributed by atoms with van der Waals surface area (Å²) in [5.41, 5.74) is 0. The average Bonchev–Trinajstić information content (AvgIpc) is 2.76. The number of rotatable bonds is 23. The van der Waals surface area contributed by atoms with Crippen molar-refractivity contribution in [1.82, 2.24) is 10.6 Å². The van der Waals surface area contributed by atoms with Gasteiger partial charge in [0.05, 0.1) is 6.61 Å². The van der Waals surface area contributed by atoms with Crippen molar-refractivity contribution in [1.29, 1.82) is 0 Å². The van der Waals surface area contributed by atoms with E-state index in [0.717, 1.165) is 44.9 Å². The molecule has 0 aromatic rings. The number of hydrogen-bond acceptors (Lipinski definition) is 5. The van der Waals surface area contributed by atoms with Gasteiger partial charge in [0, 0.05) is 32.9 Å². The van der Waals surface area contributed by atoms with Gasteiger partial charge in [-0.05, 0) is 19.3 Å². The van der Waals surface area contributed by atoms with Gasteiger partial charge in [0.15, 0.2) is 0 Å². The van der Waals surface area contributed by atoms with Gasteiger partial charge in [-0.25, -0.2) is 4.79 Å². The van der Waals surface area contributed by atoms with Crippen molar-refractivity contribution in [3.63, 3.8) is 0 Å². The largest absolute Gasteiger partial charge is 0.481 e. The van der Waals surface area contributed by atoms with Crippen LogP contribution in [-0.2, 0) is 23.9 Å². The molecule has 0 rings (SSSR count). The van der Waals surface area contributed by atoms with Gasteiger partial charge in [-0.1, -0.05) is 64.2 Å². The summed E-state index contributed by atoms with van der Waals surface area (Å²) < 4.78 is 4.83. The zero-order valence-corrected chi connectivity index (χ0v) is 20.2. The van der Waals surface area contributed by atoms with Gasteiger partial charge < -0.3 is 25.6 Å². The van der Waals surface area contributed by atoms with Crippen molar-refractivity contribution >= 4 is 23.8 Å². The zero-order valence-electron chi connectivity index (χ0n) is 20.2. The Kier molecular flexibility index (Phi) is 20.3. The van der Waals surface area contributed by atoms with E-state index in [9.17, 15) is 24.3 Å². The van der Waals surface area contributed by atoms with Gasteiger partial charge in [-0.2, -0.15) is 0 Å². The lowest BCUT2D eigenvalue weighted by atomic mass is 10.0. The molecule has 0 saturated heterocycles. The summed E-state index contributed by atoms with van der Waals surface area (Å²) in [7, 11) is 1.53. The molecule has 0 bridgehead atoms. The van der Waals surface area contributed by atoms with Crippen LogP contribution >= 0.6 is 0 Å². The minimum Gasteiger partial charge on any atom is -0.481 e. The number of carbonyl (C=O) groups excluding carboxylic acids is 2. The van der Waals surface area contributed by atoms with E-state index in [2.05, 4.69) is 10.6 Å². The number of unbranched alkanes of at least 4 members (excludes halogenated alkanes) is 11. The quantitative estimate of drug-likeness (QED) is 0.166. The molecule has 33 heavy (non-hydrogen) atoms. The Balaban J connectivity index is 3.64. The maximum Gasteiger partial charge on any atom is 0.326 e. The van der Waals surface area contributed by atoms with E-state index in [4.69, 9.17) is 9.84 Å². The Bertz CT molecular complexity index is 555. The lowest BCUT2D eigenvalue weighted by molar-refractivity contribution is -0.142. The van der Waals surface area contributed by atoms with E-state index in [1.165, 1.54) is 39.2 Å². The first-order valence-electron chi connectivity index (χ1n) is 12.4. The van der Waals surface area contributed by atoms with Crippen LogP contribution in [0.5, 0.6) is 0 Å². The van der Waals surface area contributed by atoms with E-state index in [-0.39, 0.29) is 31.1 Å². The van der Waals surface area contributed by atoms with Crippen LogP contribution in [0.3, 0.4) is 0 Å². The summed E-state index contributed by atoms with van der Waals surface area (Å²) in [5, 5.41) is 23.0. The molecule has 192 valence electrons. The topological polar surface area (TPSA) is 142 Å². The second-order valence-electron chi connectivity index (χ2n) is 8.48. The van der Waals surface area contributed by atoms with Crippen molar-refractivity contribution in [2.24, 2.45) is 0 Å². The van der Waals surface area contributed by atoms with Crippen LogP contribution < -0.4 is 10.6 Å². The van der Waals surface area contributed by atoms with Crippen LogP contribution in [0.1, 0.15) is 103 Å². The number of nitrogens with one attached hydrogen (secondary N) is 2. The zero-order chi connectivity index (χ0) is 24.7. The highest BCUT2D eigenvalue weighted by atomic mass is 16.5. The van der Waals surface area contributed by atoms with Crippen molar-refractivity contribution in [3.8, 4) is 0 Å². The van der Waals surface area contributed by atoms with Gasteiger partial charge in [0.2, 0.25) is 11.8 Å². The molecule has 0 fully saturated rings. The van der Waals surface area contributed by atoms with E-state index in [1.54, 1.807) is 0 Å². The molecule has 2 amide bonds. The molecule has 0 aromatic heterocycles. The van der Waals surface area contributed by atoms with Crippen LogP contribution in [0.15, 0.2) is 0 Å². The van der Waals surface area contributed by atoms with E-state index < -0.39 is 18.0 Å². The number of ether oxygens (including phenoxy) is 1. The lowest BCUT2D eigenvalue weighted by Gasteiger charge is -2.14. The number of carbonyl (C=O) groups is 4. The number of aliphatic carboxylic acids is 2. The maximum atomic E-state index is 12.0. The third-order valence-electron chi connectivity index (χ3n) is 5.47. The monoisotopic (exact) mass is 472 g/mol. The molecule has 0 spiro atoms. The second kappa shape index (κ2) is 21.7. The molecule has 0 unspecified atom stereocenters. The summed E-state index contributed by atoms with van der Waals surface area (Å²) in [6.07, 6.45) is 13.4. The summed E-state index contributed by atoms with van der Waals surface area (Å²) >= 11 is 0. The normalized spacial score (nSPS) is 11.7. The molecule has 4 N–H and O–H groups in total. The molecule has 0 radical (unpaired) electrons. The van der Waals surface area contributed by atoms with Gasteiger partial charge in [-0.15, -0.1) is 0 Å². The first-order chi connectivity index (χ1) is 15.9. The molecular formula is C24H44N2O7. The second-order valence-corrected chi connectivity index (χ2v) is 8.48. The van der Waals surface area contributed by atoms with Gasteiger partial charge >= 0.3 is 11.9 Å². The highest BCUT2D eigenvalue weighted by molar-refractivity contribution is 5.84. The third kappa shape index (κ3) is 21.4. The predicted octanol–water partition coefficient (Wildman–Crippen LogP) is 3.64. The van der Waals surface area contributed by atoms with E-state index >= 15 is 0 Å². The predicted molar refractivity (Wildman–Crippen MR) is 126 cm³/mol. The maximum absolute atomic E-state index is 12.0. The average molecular weight is 473 g/mol. The van der Waals surface area contributed by atoms with Gasteiger partial charge in [-0.3, -0.25) is 14.4 Å². The summed E-state index contributed by atoms with van der Waals surface area (Å²) in [6, 6.07) is -1.05. The van der Waals surface area contributed by atoms with Crippen molar-refractivity contribution in [2.45, 2.75) is 109 Å². The van der Waals surface area contributed by atoms with E-state index in [0.29, 0.717) is 19.6 Å². The van der Waals surface area contributed by atoms with Crippen LogP contribution in [0.2, 0.25) is 0 Å². The molecule has 1 atom stereocenters. The number of carboxylic acids is 2. The SMILES string of the molecule is COCCNC(=O)CC[C@H](NC(=O)CCCCCCCCCCCCCCC(=O)O)C(=O)O. The lowest BCUT2D eigenvalue weighted by Crippen LogP contribution is -2.41. The number of hydrogen-bond donors (Lipinski definition) is 4. The minimum absolute atomic E-state index is 0.0334. The summed E-state index contributed by atoms with van der Waals surface area (Å²) in [4.78, 5) is 45.5. The first kappa shape index (κ1) is 30.8. The number of carboxylic acid groups (broad SMARTS) is 2. The molecule has 0 aromatic carbocycles. The highest BCUT2D eigenvalue weighted by Crippen LogP contribution is 2.13. The molecule has 0 aliphatic rings. The van der Waals surface area contributed by atoms with Crippen molar-refractivity contribution in [3.05, 3.63) is 0 Å². The smallest absolute Gasteiger partial charge is 0.326 e. The molecule has 0 aliphatic heterocycles.